The number of hydrogen-bond donors (Lipinski definition) is 2. The molecule has 1 saturated heterocycles. The number of aliphatic hydroxyl groups is 1. The number of aryl methyl sites for hydroxylation is 2. The van der Waals surface area contributed by atoms with Crippen LogP contribution in [0.15, 0.2) is 48.5 Å². The normalized spacial score (nSPS) is 28.5. The molecule has 4 atom stereocenters. The summed E-state index contributed by atoms with van der Waals surface area (Å²) in [5.41, 5.74) is 5.19. The highest BCUT2D eigenvalue weighted by atomic mass is 16.3. The second-order valence-electron chi connectivity index (χ2n) is 6.81. The van der Waals surface area contributed by atoms with Gasteiger partial charge in [-0.15, -0.1) is 0 Å². The Morgan fingerprint density at radius 3 is 1.91 bits per heavy atom. The predicted molar refractivity (Wildman–Crippen MR) is 89.6 cm³/mol. The Labute approximate surface area is 133 Å². The molecule has 1 fully saturated rings. The summed E-state index contributed by atoms with van der Waals surface area (Å²) in [7, 11) is 0. The first-order chi connectivity index (χ1) is 10.5. The van der Waals surface area contributed by atoms with E-state index < -0.39 is 0 Å². The van der Waals surface area contributed by atoms with Gasteiger partial charge in [0.1, 0.15) is 12.1 Å². The summed E-state index contributed by atoms with van der Waals surface area (Å²) in [6.45, 7) is 6.39. The number of hydrogen-bond acceptors (Lipinski definition) is 1. The van der Waals surface area contributed by atoms with Crippen LogP contribution in [0.25, 0.3) is 0 Å². The molecule has 2 aromatic carbocycles. The minimum absolute atomic E-state index is 0.248. The third-order valence-corrected chi connectivity index (χ3v) is 5.08. The monoisotopic (exact) mass is 296 g/mol. The largest absolute Gasteiger partial charge is 0.392 e. The van der Waals surface area contributed by atoms with Crippen molar-refractivity contribution in [1.29, 1.82) is 0 Å². The van der Waals surface area contributed by atoms with Gasteiger partial charge >= 0.3 is 0 Å². The zero-order valence-corrected chi connectivity index (χ0v) is 13.7. The van der Waals surface area contributed by atoms with E-state index in [4.69, 9.17) is 0 Å². The topological polar surface area (TPSA) is 36.8 Å². The number of quaternary nitrogens is 1. The van der Waals surface area contributed by atoms with Crippen LogP contribution in [0.1, 0.15) is 47.7 Å². The fourth-order valence-electron chi connectivity index (χ4n) is 3.48. The van der Waals surface area contributed by atoms with Crippen molar-refractivity contribution in [1.82, 2.24) is 0 Å². The molecule has 116 valence electrons. The Bertz CT molecular complexity index is 617. The van der Waals surface area contributed by atoms with E-state index in [-0.39, 0.29) is 12.0 Å². The van der Waals surface area contributed by atoms with Gasteiger partial charge in [-0.2, -0.15) is 0 Å². The van der Waals surface area contributed by atoms with Crippen molar-refractivity contribution in [2.24, 2.45) is 5.92 Å². The van der Waals surface area contributed by atoms with Gasteiger partial charge in [0, 0.05) is 23.5 Å². The van der Waals surface area contributed by atoms with E-state index in [9.17, 15) is 5.11 Å². The Morgan fingerprint density at radius 2 is 1.36 bits per heavy atom. The molecule has 2 nitrogen and oxygen atoms in total. The molecule has 0 aromatic heterocycles. The average Bonchev–Trinajstić information content (AvgIpc) is 2.52. The molecule has 2 heteroatoms. The fourth-order valence-corrected chi connectivity index (χ4v) is 3.48. The smallest absolute Gasteiger partial charge is 0.117 e. The minimum Gasteiger partial charge on any atom is -0.392 e. The van der Waals surface area contributed by atoms with Gasteiger partial charge in [0.2, 0.25) is 0 Å². The molecule has 0 bridgehead atoms. The first kappa shape index (κ1) is 15.3. The van der Waals surface area contributed by atoms with Gasteiger partial charge in [-0.3, -0.25) is 0 Å². The SMILES string of the molecule is Cc1ccc([C@@H]2C[C@@H](O)[C@H](C)[C@H](c3ccc(C)cc3)[NH2+]2)cc1. The van der Waals surface area contributed by atoms with Crippen molar-refractivity contribution in [3.63, 3.8) is 0 Å². The van der Waals surface area contributed by atoms with Crippen LogP contribution in [0.2, 0.25) is 0 Å². The van der Waals surface area contributed by atoms with Crippen molar-refractivity contribution in [2.45, 2.75) is 45.4 Å². The van der Waals surface area contributed by atoms with E-state index in [1.165, 1.54) is 22.3 Å². The maximum atomic E-state index is 10.5. The summed E-state index contributed by atoms with van der Waals surface area (Å²) in [4.78, 5) is 0. The van der Waals surface area contributed by atoms with Crippen LogP contribution in [0.4, 0.5) is 0 Å². The van der Waals surface area contributed by atoms with E-state index in [0.29, 0.717) is 12.1 Å². The zero-order chi connectivity index (χ0) is 15.7. The number of benzene rings is 2. The Morgan fingerprint density at radius 1 is 0.864 bits per heavy atom. The maximum Gasteiger partial charge on any atom is 0.117 e. The van der Waals surface area contributed by atoms with Crippen LogP contribution in [0.5, 0.6) is 0 Å². The minimum atomic E-state index is -0.248. The first-order valence-electron chi connectivity index (χ1n) is 8.21. The zero-order valence-electron chi connectivity index (χ0n) is 13.7. The lowest BCUT2D eigenvalue weighted by atomic mass is 9.81. The van der Waals surface area contributed by atoms with Gasteiger partial charge in [0.15, 0.2) is 0 Å². The van der Waals surface area contributed by atoms with Gasteiger partial charge in [-0.25, -0.2) is 0 Å². The highest BCUT2D eigenvalue weighted by Gasteiger charge is 2.38. The first-order valence-corrected chi connectivity index (χ1v) is 8.21. The molecular formula is C20H26NO+. The molecule has 0 saturated carbocycles. The Balaban J connectivity index is 1.86. The molecule has 0 amide bonds. The lowest BCUT2D eigenvalue weighted by molar-refractivity contribution is -0.752. The summed E-state index contributed by atoms with van der Waals surface area (Å²) in [6.07, 6.45) is 0.578. The van der Waals surface area contributed by atoms with Crippen LogP contribution in [-0.2, 0) is 0 Å². The van der Waals surface area contributed by atoms with E-state index in [1.54, 1.807) is 0 Å². The third-order valence-electron chi connectivity index (χ3n) is 5.08. The molecule has 3 rings (SSSR count). The van der Waals surface area contributed by atoms with Crippen LogP contribution in [0, 0.1) is 19.8 Å². The fraction of sp³-hybridized carbons (Fsp3) is 0.400. The van der Waals surface area contributed by atoms with Crippen molar-refractivity contribution in [3.8, 4) is 0 Å². The second-order valence-corrected chi connectivity index (χ2v) is 6.81. The molecule has 3 N–H and O–H groups in total. The van der Waals surface area contributed by atoms with Gasteiger partial charge in [-0.05, 0) is 13.8 Å². The summed E-state index contributed by atoms with van der Waals surface area (Å²) in [5.74, 6) is 0.268. The summed E-state index contributed by atoms with van der Waals surface area (Å²) < 4.78 is 0. The van der Waals surface area contributed by atoms with E-state index >= 15 is 0 Å². The molecule has 0 spiro atoms. The molecule has 22 heavy (non-hydrogen) atoms. The Kier molecular flexibility index (Phi) is 4.32. The third kappa shape index (κ3) is 3.08. The van der Waals surface area contributed by atoms with E-state index in [2.05, 4.69) is 74.6 Å². The molecule has 1 aliphatic heterocycles. The van der Waals surface area contributed by atoms with Crippen molar-refractivity contribution in [3.05, 3.63) is 70.8 Å². The lowest BCUT2D eigenvalue weighted by Gasteiger charge is -2.36. The van der Waals surface area contributed by atoms with Crippen molar-refractivity contribution >= 4 is 0 Å². The second kappa shape index (κ2) is 6.23. The van der Waals surface area contributed by atoms with Gasteiger partial charge < -0.3 is 10.4 Å². The quantitative estimate of drug-likeness (QED) is 0.878. The Hall–Kier alpha value is -1.64. The molecule has 0 aliphatic carbocycles. The predicted octanol–water partition coefficient (Wildman–Crippen LogP) is 3.05. The van der Waals surface area contributed by atoms with Crippen LogP contribution in [0.3, 0.4) is 0 Å². The number of rotatable bonds is 2. The number of piperidine rings is 1. The molecule has 1 heterocycles. The van der Waals surface area contributed by atoms with Crippen LogP contribution in [-0.4, -0.2) is 11.2 Å². The summed E-state index contributed by atoms with van der Waals surface area (Å²) in [6, 6.07) is 18.1. The van der Waals surface area contributed by atoms with Gasteiger partial charge in [0.05, 0.1) is 6.10 Å². The van der Waals surface area contributed by atoms with Gasteiger partial charge in [-0.1, -0.05) is 66.6 Å². The molecule has 1 aliphatic rings. The van der Waals surface area contributed by atoms with Crippen LogP contribution >= 0.6 is 0 Å². The summed E-state index contributed by atoms with van der Waals surface area (Å²) >= 11 is 0. The summed E-state index contributed by atoms with van der Waals surface area (Å²) in [5, 5.41) is 13.0. The highest BCUT2D eigenvalue weighted by molar-refractivity contribution is 5.26. The number of nitrogens with two attached hydrogens (primary N) is 1. The van der Waals surface area contributed by atoms with E-state index in [0.717, 1.165) is 6.42 Å². The lowest BCUT2D eigenvalue weighted by Crippen LogP contribution is -2.90. The standard InChI is InChI=1S/C20H25NO/c1-13-4-8-16(9-5-13)18-12-19(22)15(3)20(21-18)17-10-6-14(2)7-11-17/h4-11,15,18-22H,12H2,1-3H3/p+1/t15-,18-,19+,20+/m0/s1. The van der Waals surface area contributed by atoms with Gasteiger partial charge in [0.25, 0.3) is 0 Å². The molecule has 0 unspecified atom stereocenters. The molecule has 0 radical (unpaired) electrons. The maximum absolute atomic E-state index is 10.5. The van der Waals surface area contributed by atoms with Crippen molar-refractivity contribution in [2.75, 3.05) is 0 Å². The highest BCUT2D eigenvalue weighted by Crippen LogP contribution is 2.31. The van der Waals surface area contributed by atoms with Crippen molar-refractivity contribution < 1.29 is 10.4 Å². The molecular weight excluding hydrogens is 270 g/mol. The van der Waals surface area contributed by atoms with E-state index in [1.807, 2.05) is 0 Å². The van der Waals surface area contributed by atoms with Crippen LogP contribution < -0.4 is 5.32 Å². The number of aliphatic hydroxyl groups excluding tert-OH is 1. The average molecular weight is 296 g/mol. The molecule has 2 aromatic rings.